The van der Waals surface area contributed by atoms with Crippen LogP contribution < -0.4 is 10.6 Å². The lowest BCUT2D eigenvalue weighted by atomic mass is 9.97. The van der Waals surface area contributed by atoms with Gasteiger partial charge in [-0.1, -0.05) is 13.0 Å². The third-order valence-corrected chi connectivity index (χ3v) is 3.62. The van der Waals surface area contributed by atoms with Crippen LogP contribution in [0.5, 0.6) is 0 Å². The number of aryl methyl sites for hydroxylation is 1. The molecule has 1 saturated heterocycles. The molecule has 5 nitrogen and oxygen atoms in total. The molecule has 1 aliphatic rings. The van der Waals surface area contributed by atoms with E-state index in [0.29, 0.717) is 12.0 Å². The lowest BCUT2D eigenvalue weighted by Gasteiger charge is -2.22. The maximum atomic E-state index is 14.0. The van der Waals surface area contributed by atoms with Gasteiger partial charge in [-0.2, -0.15) is 0 Å². The molecule has 6 heteroatoms. The number of rotatable bonds is 3. The molecule has 112 valence electrons. The molecule has 21 heavy (non-hydrogen) atoms. The molecule has 1 fully saturated rings. The van der Waals surface area contributed by atoms with Crippen LogP contribution in [0.15, 0.2) is 12.1 Å². The van der Waals surface area contributed by atoms with Crippen molar-refractivity contribution in [2.45, 2.75) is 39.2 Å². The Balaban J connectivity index is 2.23. The van der Waals surface area contributed by atoms with Crippen molar-refractivity contribution in [2.24, 2.45) is 0 Å². The van der Waals surface area contributed by atoms with Gasteiger partial charge in [-0.05, 0) is 37.0 Å². The number of carbonyl (C=O) groups is 3. The van der Waals surface area contributed by atoms with Gasteiger partial charge in [-0.15, -0.1) is 0 Å². The minimum absolute atomic E-state index is 0.0257. The van der Waals surface area contributed by atoms with Crippen LogP contribution in [0.2, 0.25) is 0 Å². The SMILES string of the molecule is CCc1c(C)ccc(F)c1C(=O)NC1CCC(=O)NC1=O. The summed E-state index contributed by atoms with van der Waals surface area (Å²) in [4.78, 5) is 35.0. The van der Waals surface area contributed by atoms with Gasteiger partial charge in [0.25, 0.3) is 5.91 Å². The van der Waals surface area contributed by atoms with E-state index in [9.17, 15) is 18.8 Å². The first-order valence-electron chi connectivity index (χ1n) is 6.86. The first-order valence-corrected chi connectivity index (χ1v) is 6.86. The summed E-state index contributed by atoms with van der Waals surface area (Å²) >= 11 is 0. The van der Waals surface area contributed by atoms with Crippen molar-refractivity contribution in [3.05, 3.63) is 34.6 Å². The number of amides is 3. The number of hydrogen-bond donors (Lipinski definition) is 2. The van der Waals surface area contributed by atoms with Gasteiger partial charge in [0.15, 0.2) is 0 Å². The van der Waals surface area contributed by atoms with Gasteiger partial charge in [0.05, 0.1) is 5.56 Å². The highest BCUT2D eigenvalue weighted by Crippen LogP contribution is 2.19. The number of imide groups is 1. The molecule has 1 unspecified atom stereocenters. The van der Waals surface area contributed by atoms with Crippen molar-refractivity contribution in [3.8, 4) is 0 Å². The molecule has 1 aromatic carbocycles. The summed E-state index contributed by atoms with van der Waals surface area (Å²) in [7, 11) is 0. The lowest BCUT2D eigenvalue weighted by Crippen LogP contribution is -2.52. The third-order valence-electron chi connectivity index (χ3n) is 3.62. The fraction of sp³-hybridized carbons (Fsp3) is 0.400. The standard InChI is InChI=1S/C15H17FN2O3/c1-3-9-8(2)4-5-10(16)13(9)15(21)17-11-6-7-12(19)18-14(11)20/h4-5,11H,3,6-7H2,1-2H3,(H,17,21)(H,18,19,20). The fourth-order valence-electron chi connectivity index (χ4n) is 2.49. The molecule has 0 aromatic heterocycles. The molecule has 0 radical (unpaired) electrons. The summed E-state index contributed by atoms with van der Waals surface area (Å²) in [6.45, 7) is 3.64. The predicted molar refractivity (Wildman–Crippen MR) is 74.2 cm³/mol. The molecule has 2 rings (SSSR count). The minimum atomic E-state index is -0.806. The largest absolute Gasteiger partial charge is 0.340 e. The minimum Gasteiger partial charge on any atom is -0.340 e. The molecule has 3 amide bonds. The molecule has 0 aliphatic carbocycles. The highest BCUT2D eigenvalue weighted by molar-refractivity contribution is 6.04. The number of carbonyl (C=O) groups excluding carboxylic acids is 3. The molecule has 1 aromatic rings. The van der Waals surface area contributed by atoms with Crippen LogP contribution in [0.3, 0.4) is 0 Å². The topological polar surface area (TPSA) is 75.3 Å². The summed E-state index contributed by atoms with van der Waals surface area (Å²) in [6.07, 6.45) is 0.903. The average Bonchev–Trinajstić information content (AvgIpc) is 2.43. The van der Waals surface area contributed by atoms with Gasteiger partial charge >= 0.3 is 0 Å². The highest BCUT2D eigenvalue weighted by Gasteiger charge is 2.29. The molecular formula is C15H17FN2O3. The molecule has 0 spiro atoms. The van der Waals surface area contributed by atoms with Crippen molar-refractivity contribution < 1.29 is 18.8 Å². The Bertz CT molecular complexity index is 613. The van der Waals surface area contributed by atoms with E-state index >= 15 is 0 Å². The van der Waals surface area contributed by atoms with Gasteiger partial charge in [-0.3, -0.25) is 19.7 Å². The van der Waals surface area contributed by atoms with Crippen LogP contribution in [-0.4, -0.2) is 23.8 Å². The Hall–Kier alpha value is -2.24. The zero-order valence-electron chi connectivity index (χ0n) is 12.0. The van der Waals surface area contributed by atoms with E-state index in [1.807, 2.05) is 6.92 Å². The average molecular weight is 292 g/mol. The van der Waals surface area contributed by atoms with Crippen molar-refractivity contribution in [2.75, 3.05) is 0 Å². The van der Waals surface area contributed by atoms with Crippen LogP contribution >= 0.6 is 0 Å². The van der Waals surface area contributed by atoms with Crippen LogP contribution in [0.25, 0.3) is 0 Å². The first-order chi connectivity index (χ1) is 9.93. The smallest absolute Gasteiger partial charge is 0.255 e. The predicted octanol–water partition coefficient (Wildman–Crippen LogP) is 1.23. The zero-order chi connectivity index (χ0) is 15.6. The molecule has 1 heterocycles. The molecule has 1 atom stereocenters. The Labute approximate surface area is 121 Å². The monoisotopic (exact) mass is 292 g/mol. The first kappa shape index (κ1) is 15.2. The zero-order valence-corrected chi connectivity index (χ0v) is 12.0. The third kappa shape index (κ3) is 3.09. The van der Waals surface area contributed by atoms with Crippen LogP contribution in [-0.2, 0) is 16.0 Å². The second-order valence-electron chi connectivity index (χ2n) is 5.05. The summed E-state index contributed by atoms with van der Waals surface area (Å²) < 4.78 is 14.0. The number of hydrogen-bond acceptors (Lipinski definition) is 3. The summed E-state index contributed by atoms with van der Waals surface area (Å²) in [6, 6.07) is 2.06. The van der Waals surface area contributed by atoms with Crippen LogP contribution in [0, 0.1) is 12.7 Å². The fourth-order valence-corrected chi connectivity index (χ4v) is 2.49. The summed E-state index contributed by atoms with van der Waals surface area (Å²) in [5, 5.41) is 4.66. The van der Waals surface area contributed by atoms with Gasteiger partial charge in [-0.25, -0.2) is 4.39 Å². The van der Waals surface area contributed by atoms with Crippen molar-refractivity contribution in [1.29, 1.82) is 0 Å². The maximum Gasteiger partial charge on any atom is 0.255 e. The Kier molecular flexibility index (Phi) is 4.35. The normalized spacial score (nSPS) is 18.3. The summed E-state index contributed by atoms with van der Waals surface area (Å²) in [5.74, 6) is -2.14. The molecule has 0 bridgehead atoms. The van der Waals surface area contributed by atoms with Gasteiger partial charge in [0.2, 0.25) is 11.8 Å². The highest BCUT2D eigenvalue weighted by atomic mass is 19.1. The van der Waals surface area contributed by atoms with E-state index in [2.05, 4.69) is 10.6 Å². The van der Waals surface area contributed by atoms with Gasteiger partial charge in [0.1, 0.15) is 11.9 Å². The van der Waals surface area contributed by atoms with E-state index in [4.69, 9.17) is 0 Å². The lowest BCUT2D eigenvalue weighted by molar-refractivity contribution is -0.134. The molecule has 1 aliphatic heterocycles. The van der Waals surface area contributed by atoms with E-state index in [0.717, 1.165) is 5.56 Å². The summed E-state index contributed by atoms with van der Waals surface area (Å²) in [5.41, 5.74) is 1.43. The van der Waals surface area contributed by atoms with Crippen LogP contribution in [0.4, 0.5) is 4.39 Å². The number of benzene rings is 1. The van der Waals surface area contributed by atoms with E-state index in [1.165, 1.54) is 6.07 Å². The number of piperidine rings is 1. The Morgan fingerprint density at radius 2 is 2.14 bits per heavy atom. The number of halogens is 1. The van der Waals surface area contributed by atoms with Crippen LogP contribution in [0.1, 0.15) is 41.3 Å². The Morgan fingerprint density at radius 1 is 1.43 bits per heavy atom. The van der Waals surface area contributed by atoms with Gasteiger partial charge in [0, 0.05) is 6.42 Å². The second-order valence-corrected chi connectivity index (χ2v) is 5.05. The maximum absolute atomic E-state index is 14.0. The van der Waals surface area contributed by atoms with E-state index in [1.54, 1.807) is 13.0 Å². The van der Waals surface area contributed by atoms with E-state index in [-0.39, 0.29) is 24.3 Å². The molecule has 2 N–H and O–H groups in total. The van der Waals surface area contributed by atoms with Crippen molar-refractivity contribution in [1.82, 2.24) is 10.6 Å². The Morgan fingerprint density at radius 3 is 2.76 bits per heavy atom. The molecular weight excluding hydrogens is 275 g/mol. The van der Waals surface area contributed by atoms with Crippen molar-refractivity contribution >= 4 is 17.7 Å². The second kappa shape index (κ2) is 6.03. The van der Waals surface area contributed by atoms with Gasteiger partial charge < -0.3 is 5.32 Å². The number of nitrogens with one attached hydrogen (secondary N) is 2. The quantitative estimate of drug-likeness (QED) is 0.823. The van der Waals surface area contributed by atoms with Crippen molar-refractivity contribution in [3.63, 3.8) is 0 Å². The molecule has 0 saturated carbocycles. The van der Waals surface area contributed by atoms with E-state index < -0.39 is 23.7 Å².